The summed E-state index contributed by atoms with van der Waals surface area (Å²) < 4.78 is 12.8. The lowest BCUT2D eigenvalue weighted by Crippen LogP contribution is -2.21. The van der Waals surface area contributed by atoms with Crippen LogP contribution in [0, 0.1) is 6.92 Å². The predicted octanol–water partition coefficient (Wildman–Crippen LogP) is 5.24. The first-order valence-corrected chi connectivity index (χ1v) is 12.8. The average Bonchev–Trinajstić information content (AvgIpc) is 3.63. The fraction of sp³-hybridized carbons (Fsp3) is 0.296. The van der Waals surface area contributed by atoms with Crippen molar-refractivity contribution in [3.05, 3.63) is 75.7 Å². The molecular formula is C27H28N4O4S. The number of carbonyl (C=O) groups is 2. The van der Waals surface area contributed by atoms with Crippen molar-refractivity contribution in [1.29, 1.82) is 0 Å². The molecule has 1 aliphatic rings. The van der Waals surface area contributed by atoms with Gasteiger partial charge in [0.05, 0.1) is 37.3 Å². The number of esters is 1. The molecule has 1 amide bonds. The van der Waals surface area contributed by atoms with E-state index < -0.39 is 5.97 Å². The minimum atomic E-state index is -0.543. The summed E-state index contributed by atoms with van der Waals surface area (Å²) in [6, 6.07) is 12.9. The molecule has 8 nitrogen and oxygen atoms in total. The number of hydrogen-bond acceptors (Lipinski definition) is 7. The molecule has 186 valence electrons. The van der Waals surface area contributed by atoms with Crippen molar-refractivity contribution in [3.8, 4) is 0 Å². The lowest BCUT2D eigenvalue weighted by molar-refractivity contribution is 0.0580. The average molecular weight is 505 g/mol. The van der Waals surface area contributed by atoms with Gasteiger partial charge in [0.15, 0.2) is 5.69 Å². The second kappa shape index (κ2) is 10.5. The summed E-state index contributed by atoms with van der Waals surface area (Å²) in [5.41, 5.74) is 3.73. The molecule has 0 spiro atoms. The highest BCUT2D eigenvalue weighted by Crippen LogP contribution is 2.34. The fourth-order valence-corrected chi connectivity index (χ4v) is 5.32. The topological polar surface area (TPSA) is 94.5 Å². The minimum Gasteiger partial charge on any atom is -0.464 e. The standard InChI is InChI=1S/C27H28N4O4S/c1-17-10-12-36-22(17)15-28-19-13-21-23(30-26(32)18-7-4-3-5-8-18)24(27(33)34-2)31(25(21)29-14-19)16-20-9-6-11-35-20/h3-5,7-8,10,12-14,20,28H,6,9,11,15-16H2,1-2H3,(H,30,32)/t20-/m0/s1. The van der Waals surface area contributed by atoms with Gasteiger partial charge in [-0.1, -0.05) is 18.2 Å². The van der Waals surface area contributed by atoms with Gasteiger partial charge in [0, 0.05) is 29.0 Å². The molecule has 5 rings (SSSR count). The molecule has 0 aliphatic carbocycles. The quantitative estimate of drug-likeness (QED) is 0.319. The molecule has 36 heavy (non-hydrogen) atoms. The lowest BCUT2D eigenvalue weighted by atomic mass is 10.2. The van der Waals surface area contributed by atoms with E-state index in [9.17, 15) is 9.59 Å². The first-order chi connectivity index (χ1) is 17.5. The number of anilines is 2. The van der Waals surface area contributed by atoms with Crippen LogP contribution in [0.4, 0.5) is 11.4 Å². The van der Waals surface area contributed by atoms with Gasteiger partial charge in [-0.3, -0.25) is 4.79 Å². The fourth-order valence-electron chi connectivity index (χ4n) is 4.47. The number of aromatic nitrogens is 2. The maximum atomic E-state index is 13.1. The molecule has 1 aromatic carbocycles. The summed E-state index contributed by atoms with van der Waals surface area (Å²) in [7, 11) is 1.34. The number of thiophene rings is 1. The van der Waals surface area contributed by atoms with Crippen molar-refractivity contribution in [2.45, 2.75) is 39.0 Å². The Morgan fingerprint density at radius 3 is 2.78 bits per heavy atom. The number of nitrogens with one attached hydrogen (secondary N) is 2. The van der Waals surface area contributed by atoms with Crippen molar-refractivity contribution in [2.24, 2.45) is 0 Å². The maximum Gasteiger partial charge on any atom is 0.356 e. The summed E-state index contributed by atoms with van der Waals surface area (Å²) in [5, 5.41) is 9.12. The third-order valence-corrected chi connectivity index (χ3v) is 7.41. The van der Waals surface area contributed by atoms with Crippen LogP contribution in [0.5, 0.6) is 0 Å². The molecular weight excluding hydrogens is 476 g/mol. The van der Waals surface area contributed by atoms with Crippen molar-refractivity contribution >= 4 is 45.6 Å². The Balaban J connectivity index is 1.58. The highest BCUT2D eigenvalue weighted by molar-refractivity contribution is 7.10. The number of methoxy groups -OCH3 is 1. The Hall–Kier alpha value is -3.69. The van der Waals surface area contributed by atoms with E-state index in [1.807, 2.05) is 16.7 Å². The third kappa shape index (κ3) is 4.84. The molecule has 1 saturated heterocycles. The zero-order chi connectivity index (χ0) is 25.1. The summed E-state index contributed by atoms with van der Waals surface area (Å²) in [4.78, 5) is 32.1. The molecule has 4 aromatic rings. The number of ether oxygens (including phenoxy) is 2. The largest absolute Gasteiger partial charge is 0.464 e. The number of aryl methyl sites for hydroxylation is 1. The minimum absolute atomic E-state index is 0.0388. The molecule has 0 bridgehead atoms. The summed E-state index contributed by atoms with van der Waals surface area (Å²) in [5.74, 6) is -0.859. The summed E-state index contributed by atoms with van der Waals surface area (Å²) in [6.45, 7) is 3.87. The van der Waals surface area contributed by atoms with Crippen molar-refractivity contribution in [3.63, 3.8) is 0 Å². The van der Waals surface area contributed by atoms with Gasteiger partial charge in [0.2, 0.25) is 0 Å². The van der Waals surface area contributed by atoms with Crippen molar-refractivity contribution in [1.82, 2.24) is 9.55 Å². The Labute approximate surface area is 213 Å². The van der Waals surface area contributed by atoms with Gasteiger partial charge in [-0.25, -0.2) is 9.78 Å². The van der Waals surface area contributed by atoms with Crippen LogP contribution < -0.4 is 10.6 Å². The predicted molar refractivity (Wildman–Crippen MR) is 141 cm³/mol. The van der Waals surface area contributed by atoms with Gasteiger partial charge < -0.3 is 24.7 Å². The number of amides is 1. The smallest absolute Gasteiger partial charge is 0.356 e. The zero-order valence-electron chi connectivity index (χ0n) is 20.2. The van der Waals surface area contributed by atoms with Crippen LogP contribution in [-0.2, 0) is 22.6 Å². The van der Waals surface area contributed by atoms with Crippen molar-refractivity contribution in [2.75, 3.05) is 24.4 Å². The van der Waals surface area contributed by atoms with Crippen LogP contribution in [0.2, 0.25) is 0 Å². The van der Waals surface area contributed by atoms with E-state index in [1.165, 1.54) is 17.6 Å². The molecule has 3 aromatic heterocycles. The van der Waals surface area contributed by atoms with Gasteiger partial charge in [0.25, 0.3) is 5.91 Å². The Morgan fingerprint density at radius 2 is 2.08 bits per heavy atom. The Morgan fingerprint density at radius 1 is 1.25 bits per heavy atom. The maximum absolute atomic E-state index is 13.1. The van der Waals surface area contributed by atoms with Gasteiger partial charge in [-0.05, 0) is 55.0 Å². The summed E-state index contributed by atoms with van der Waals surface area (Å²) in [6.07, 6.45) is 3.58. The van der Waals surface area contributed by atoms with Crippen LogP contribution in [-0.4, -0.2) is 41.2 Å². The highest BCUT2D eigenvalue weighted by atomic mass is 32.1. The normalized spacial score (nSPS) is 15.2. The van der Waals surface area contributed by atoms with Crippen LogP contribution >= 0.6 is 11.3 Å². The molecule has 9 heteroatoms. The number of rotatable bonds is 8. The number of benzene rings is 1. The van der Waals surface area contributed by atoms with E-state index in [1.54, 1.807) is 41.8 Å². The molecule has 0 radical (unpaired) electrons. The monoisotopic (exact) mass is 504 g/mol. The lowest BCUT2D eigenvalue weighted by Gasteiger charge is -2.14. The van der Waals surface area contributed by atoms with Gasteiger partial charge >= 0.3 is 5.97 Å². The zero-order valence-corrected chi connectivity index (χ0v) is 21.1. The molecule has 2 N–H and O–H groups in total. The number of pyridine rings is 1. The van der Waals surface area contributed by atoms with Crippen LogP contribution in [0.3, 0.4) is 0 Å². The molecule has 1 atom stereocenters. The number of nitrogens with zero attached hydrogens (tertiary/aromatic N) is 2. The molecule has 0 saturated carbocycles. The van der Waals surface area contributed by atoms with Crippen LogP contribution in [0.1, 0.15) is 44.1 Å². The van der Waals surface area contributed by atoms with Gasteiger partial charge in [-0.15, -0.1) is 11.3 Å². The SMILES string of the molecule is COC(=O)c1c(NC(=O)c2ccccc2)c2cc(NCc3sccc3C)cnc2n1C[C@@H]1CCCO1. The molecule has 4 heterocycles. The third-order valence-electron chi connectivity index (χ3n) is 6.38. The van der Waals surface area contributed by atoms with E-state index >= 15 is 0 Å². The first kappa shape index (κ1) is 24.0. The second-order valence-corrected chi connectivity index (χ2v) is 9.76. The van der Waals surface area contributed by atoms with E-state index in [4.69, 9.17) is 14.5 Å². The highest BCUT2D eigenvalue weighted by Gasteiger charge is 2.29. The number of hydrogen-bond donors (Lipinski definition) is 2. The van der Waals surface area contributed by atoms with Crippen molar-refractivity contribution < 1.29 is 19.1 Å². The first-order valence-electron chi connectivity index (χ1n) is 11.9. The number of fused-ring (bicyclic) bond motifs is 1. The van der Waals surface area contributed by atoms with Gasteiger partial charge in [-0.2, -0.15) is 0 Å². The van der Waals surface area contributed by atoms with E-state index in [-0.39, 0.29) is 17.7 Å². The second-order valence-electron chi connectivity index (χ2n) is 8.76. The summed E-state index contributed by atoms with van der Waals surface area (Å²) >= 11 is 1.69. The van der Waals surface area contributed by atoms with Crippen LogP contribution in [0.15, 0.2) is 54.0 Å². The van der Waals surface area contributed by atoms with Crippen LogP contribution in [0.25, 0.3) is 11.0 Å². The Kier molecular flexibility index (Phi) is 7.02. The van der Waals surface area contributed by atoms with E-state index in [0.29, 0.717) is 42.0 Å². The molecule has 1 fully saturated rings. The molecule has 0 unspecified atom stereocenters. The van der Waals surface area contributed by atoms with Gasteiger partial charge in [0.1, 0.15) is 5.65 Å². The molecule has 1 aliphatic heterocycles. The van der Waals surface area contributed by atoms with E-state index in [2.05, 4.69) is 29.0 Å². The number of carbonyl (C=O) groups excluding carboxylic acids is 2. The van der Waals surface area contributed by atoms with E-state index in [0.717, 1.165) is 18.5 Å². The Bertz CT molecular complexity index is 1390.